The number of nitrogens with zero attached hydrogens (tertiary/aromatic N) is 2. The van der Waals surface area contributed by atoms with Crippen LogP contribution in [0.1, 0.15) is 21.1 Å². The molecule has 0 aliphatic carbocycles. The predicted octanol–water partition coefficient (Wildman–Crippen LogP) is 4.17. The fraction of sp³-hybridized carbons (Fsp3) is 0.304. The molecule has 7 nitrogen and oxygen atoms in total. The maximum absolute atomic E-state index is 13.2. The predicted molar refractivity (Wildman–Crippen MR) is 119 cm³/mol. The van der Waals surface area contributed by atoms with Crippen LogP contribution in [-0.2, 0) is 17.9 Å². The lowest BCUT2D eigenvalue weighted by molar-refractivity contribution is 0.0678. The van der Waals surface area contributed by atoms with E-state index in [2.05, 4.69) is 4.98 Å². The highest BCUT2D eigenvalue weighted by Crippen LogP contribution is 2.37. The topological polar surface area (TPSA) is 70.1 Å². The molecule has 170 valence electrons. The fourth-order valence-corrected chi connectivity index (χ4v) is 3.70. The van der Waals surface area contributed by atoms with E-state index in [0.29, 0.717) is 42.5 Å². The maximum Gasteiger partial charge on any atom is 0.254 e. The summed E-state index contributed by atoms with van der Waals surface area (Å²) >= 11 is 1.43. The zero-order valence-electron chi connectivity index (χ0n) is 18.2. The van der Waals surface area contributed by atoms with Crippen molar-refractivity contribution >= 4 is 17.2 Å². The van der Waals surface area contributed by atoms with Crippen molar-refractivity contribution < 1.29 is 28.1 Å². The van der Waals surface area contributed by atoms with E-state index in [1.165, 1.54) is 35.6 Å². The molecule has 0 spiro atoms. The van der Waals surface area contributed by atoms with Crippen LogP contribution in [0.2, 0.25) is 0 Å². The van der Waals surface area contributed by atoms with Gasteiger partial charge >= 0.3 is 0 Å². The zero-order valence-corrected chi connectivity index (χ0v) is 19.0. The second kappa shape index (κ2) is 11.4. The van der Waals surface area contributed by atoms with Gasteiger partial charge in [0.2, 0.25) is 5.75 Å². The molecule has 0 bridgehead atoms. The molecule has 0 unspecified atom stereocenters. The molecule has 0 atom stereocenters. The van der Waals surface area contributed by atoms with Crippen molar-refractivity contribution in [1.82, 2.24) is 9.88 Å². The molecule has 0 N–H and O–H groups in total. The molecule has 0 aliphatic heterocycles. The van der Waals surface area contributed by atoms with Gasteiger partial charge in [0.05, 0.1) is 33.1 Å². The summed E-state index contributed by atoms with van der Waals surface area (Å²) in [5.41, 5.74) is 1.14. The van der Waals surface area contributed by atoms with Crippen LogP contribution in [0.5, 0.6) is 17.2 Å². The monoisotopic (exact) mass is 460 g/mol. The number of carbonyl (C=O) groups excluding carboxylic acids is 1. The van der Waals surface area contributed by atoms with E-state index in [1.54, 1.807) is 38.4 Å². The molecule has 0 radical (unpaired) electrons. The summed E-state index contributed by atoms with van der Waals surface area (Å²) in [6, 6.07) is 10.9. The first-order valence-electron chi connectivity index (χ1n) is 9.86. The van der Waals surface area contributed by atoms with Crippen LogP contribution in [0, 0.1) is 5.82 Å². The van der Waals surface area contributed by atoms with Gasteiger partial charge in [0.25, 0.3) is 5.91 Å². The van der Waals surface area contributed by atoms with Crippen molar-refractivity contribution in [2.45, 2.75) is 13.2 Å². The molecule has 1 heterocycles. The summed E-state index contributed by atoms with van der Waals surface area (Å²) in [7, 11) is 4.71. The van der Waals surface area contributed by atoms with Crippen LogP contribution < -0.4 is 14.2 Å². The number of aromatic nitrogens is 1. The van der Waals surface area contributed by atoms with Gasteiger partial charge in [-0.2, -0.15) is 0 Å². The molecule has 0 saturated heterocycles. The summed E-state index contributed by atoms with van der Waals surface area (Å²) in [6.07, 6.45) is 0. The number of carbonyl (C=O) groups is 1. The lowest BCUT2D eigenvalue weighted by Gasteiger charge is -2.21. The molecule has 1 amide bonds. The highest BCUT2D eigenvalue weighted by molar-refractivity contribution is 7.09. The first kappa shape index (κ1) is 23.5. The van der Waals surface area contributed by atoms with Gasteiger partial charge in [-0.25, -0.2) is 9.37 Å². The minimum absolute atomic E-state index is 0.216. The van der Waals surface area contributed by atoms with Gasteiger partial charge in [0.15, 0.2) is 11.5 Å². The smallest absolute Gasteiger partial charge is 0.254 e. The van der Waals surface area contributed by atoms with Crippen molar-refractivity contribution in [2.75, 3.05) is 34.5 Å². The third-order valence-corrected chi connectivity index (χ3v) is 5.49. The Morgan fingerprint density at radius 1 is 1.06 bits per heavy atom. The average molecular weight is 461 g/mol. The highest BCUT2D eigenvalue weighted by Gasteiger charge is 2.18. The molecule has 0 aliphatic rings. The summed E-state index contributed by atoms with van der Waals surface area (Å²) < 4.78 is 35.0. The van der Waals surface area contributed by atoms with E-state index in [9.17, 15) is 9.18 Å². The van der Waals surface area contributed by atoms with E-state index in [4.69, 9.17) is 18.9 Å². The fourth-order valence-electron chi connectivity index (χ4n) is 3.01. The standard InChI is InChI=1S/C23H25FN2O5S/c1-28-12-11-26(23(27)16-7-9-17(24)10-8-16)13-18-15-32-21(25-18)14-31-22-19(29-2)5-4-6-20(22)30-3/h4-10,15H,11-14H2,1-3H3. The van der Waals surface area contributed by atoms with Gasteiger partial charge in [-0.1, -0.05) is 6.07 Å². The Labute approximate surface area is 190 Å². The second-order valence-electron chi connectivity index (χ2n) is 6.74. The van der Waals surface area contributed by atoms with Crippen LogP contribution in [0.3, 0.4) is 0 Å². The summed E-state index contributed by atoms with van der Waals surface area (Å²) in [5.74, 6) is 1.03. The Morgan fingerprint density at radius 2 is 1.75 bits per heavy atom. The van der Waals surface area contributed by atoms with Crippen LogP contribution in [0.25, 0.3) is 0 Å². The largest absolute Gasteiger partial charge is 0.493 e. The molecule has 32 heavy (non-hydrogen) atoms. The van der Waals surface area contributed by atoms with Crippen LogP contribution in [-0.4, -0.2) is 50.3 Å². The lowest BCUT2D eigenvalue weighted by atomic mass is 10.2. The van der Waals surface area contributed by atoms with Crippen molar-refractivity contribution in [3.05, 3.63) is 69.9 Å². The third-order valence-electron chi connectivity index (χ3n) is 4.62. The molecule has 2 aromatic carbocycles. The number of benzene rings is 2. The molecule has 3 rings (SSSR count). The normalized spacial score (nSPS) is 10.6. The maximum atomic E-state index is 13.2. The van der Waals surface area contributed by atoms with E-state index >= 15 is 0 Å². The van der Waals surface area contributed by atoms with Crippen LogP contribution >= 0.6 is 11.3 Å². The highest BCUT2D eigenvalue weighted by atomic mass is 32.1. The minimum Gasteiger partial charge on any atom is -0.493 e. The number of methoxy groups -OCH3 is 3. The Bertz CT molecular complexity index is 1000. The molecule has 0 fully saturated rings. The summed E-state index contributed by atoms with van der Waals surface area (Å²) in [4.78, 5) is 19.1. The summed E-state index contributed by atoms with van der Waals surface area (Å²) in [5, 5.41) is 2.63. The molecule has 9 heteroatoms. The third kappa shape index (κ3) is 5.95. The van der Waals surface area contributed by atoms with Crippen molar-refractivity contribution in [1.29, 1.82) is 0 Å². The number of hydrogen-bond acceptors (Lipinski definition) is 7. The Kier molecular flexibility index (Phi) is 8.41. The van der Waals surface area contributed by atoms with E-state index in [0.717, 1.165) is 10.7 Å². The molecule has 0 saturated carbocycles. The Balaban J connectivity index is 1.69. The van der Waals surface area contributed by atoms with Crippen molar-refractivity contribution in [2.24, 2.45) is 0 Å². The number of thiazole rings is 1. The first-order chi connectivity index (χ1) is 15.5. The van der Waals surface area contributed by atoms with Gasteiger partial charge in [-0.15, -0.1) is 11.3 Å². The Hall–Kier alpha value is -3.17. The van der Waals surface area contributed by atoms with Gasteiger partial charge < -0.3 is 23.8 Å². The van der Waals surface area contributed by atoms with Gasteiger partial charge in [-0.3, -0.25) is 4.79 Å². The van der Waals surface area contributed by atoms with Crippen molar-refractivity contribution in [3.8, 4) is 17.2 Å². The second-order valence-corrected chi connectivity index (χ2v) is 7.68. The van der Waals surface area contributed by atoms with Crippen molar-refractivity contribution in [3.63, 3.8) is 0 Å². The number of para-hydroxylation sites is 1. The lowest BCUT2D eigenvalue weighted by Crippen LogP contribution is -2.33. The van der Waals surface area contributed by atoms with Crippen LogP contribution in [0.4, 0.5) is 4.39 Å². The quantitative estimate of drug-likeness (QED) is 0.428. The van der Waals surface area contributed by atoms with E-state index in [-0.39, 0.29) is 18.3 Å². The van der Waals surface area contributed by atoms with Gasteiger partial charge in [0.1, 0.15) is 17.4 Å². The zero-order chi connectivity index (χ0) is 22.9. The van der Waals surface area contributed by atoms with Crippen LogP contribution in [0.15, 0.2) is 47.8 Å². The Morgan fingerprint density at radius 3 is 2.38 bits per heavy atom. The van der Waals surface area contributed by atoms with E-state index < -0.39 is 0 Å². The number of halogens is 1. The summed E-state index contributed by atoms with van der Waals surface area (Å²) in [6.45, 7) is 1.29. The number of ether oxygens (including phenoxy) is 4. The number of rotatable bonds is 11. The van der Waals surface area contributed by atoms with Gasteiger partial charge in [-0.05, 0) is 36.4 Å². The molecular formula is C23H25FN2O5S. The molecular weight excluding hydrogens is 435 g/mol. The van der Waals surface area contributed by atoms with E-state index in [1.807, 2.05) is 11.4 Å². The molecule has 3 aromatic rings. The van der Waals surface area contributed by atoms with Gasteiger partial charge in [0, 0.05) is 24.6 Å². The number of hydrogen-bond donors (Lipinski definition) is 0. The first-order valence-corrected chi connectivity index (χ1v) is 10.7. The minimum atomic E-state index is -0.388. The molecule has 1 aromatic heterocycles. The SMILES string of the molecule is COCCN(Cc1csc(COc2c(OC)cccc2OC)n1)C(=O)c1ccc(F)cc1. The number of amides is 1. The average Bonchev–Trinajstić information content (AvgIpc) is 3.27.